The Morgan fingerprint density at radius 1 is 0.794 bits per heavy atom. The summed E-state index contributed by atoms with van der Waals surface area (Å²) in [6.07, 6.45) is -0.0642. The van der Waals surface area contributed by atoms with Crippen molar-refractivity contribution in [3.63, 3.8) is 0 Å². The van der Waals surface area contributed by atoms with Crippen molar-refractivity contribution in [1.82, 2.24) is 16.0 Å². The minimum absolute atomic E-state index is 0.104. The van der Waals surface area contributed by atoms with Gasteiger partial charge < -0.3 is 43.4 Å². The predicted molar refractivity (Wildman–Crippen MR) is 120 cm³/mol. The molecule has 0 aromatic heterocycles. The smallest absolute Gasteiger partial charge is 0.326 e. The first-order valence-corrected chi connectivity index (χ1v) is 10.9. The maximum absolute atomic E-state index is 12.8. The van der Waals surface area contributed by atoms with E-state index in [1.807, 2.05) is 0 Å². The summed E-state index contributed by atoms with van der Waals surface area (Å²) in [5.74, 6) is -6.37. The van der Waals surface area contributed by atoms with Crippen LogP contribution in [0.15, 0.2) is 0 Å². The van der Waals surface area contributed by atoms with E-state index in [0.29, 0.717) is 19.4 Å². The Bertz CT molecular complexity index is 745. The van der Waals surface area contributed by atoms with E-state index in [-0.39, 0.29) is 18.8 Å². The average Bonchev–Trinajstić information content (AvgIpc) is 2.70. The number of unbranched alkanes of at least 4 members (excludes halogenated alkanes) is 1. The van der Waals surface area contributed by atoms with Gasteiger partial charge in [-0.2, -0.15) is 0 Å². The summed E-state index contributed by atoms with van der Waals surface area (Å²) in [4.78, 5) is 71.3. The van der Waals surface area contributed by atoms with Crippen molar-refractivity contribution in [1.29, 1.82) is 0 Å². The van der Waals surface area contributed by atoms with E-state index in [2.05, 4.69) is 16.0 Å². The highest BCUT2D eigenvalue weighted by Gasteiger charge is 2.31. The van der Waals surface area contributed by atoms with Crippen LogP contribution < -0.4 is 33.2 Å². The molecule has 0 radical (unpaired) electrons. The SMILES string of the molecule is CC(C)CC(NC(=O)C(CC(=O)O)NC(=O)C(N)CC(N)=O)C(=O)NC(CCCCN)C(=O)O. The maximum atomic E-state index is 12.8. The van der Waals surface area contributed by atoms with Gasteiger partial charge in [0.25, 0.3) is 0 Å². The third kappa shape index (κ3) is 12.7. The molecule has 0 aromatic carbocycles. The zero-order valence-electron chi connectivity index (χ0n) is 19.4. The number of hydrogen-bond acceptors (Lipinski definition) is 8. The Balaban J connectivity index is 5.48. The zero-order chi connectivity index (χ0) is 26.4. The fourth-order valence-electron chi connectivity index (χ4n) is 2.97. The van der Waals surface area contributed by atoms with E-state index in [9.17, 15) is 33.9 Å². The van der Waals surface area contributed by atoms with Gasteiger partial charge in [0.1, 0.15) is 18.1 Å². The number of carboxylic acid groups (broad SMARTS) is 2. The Hall–Kier alpha value is -3.26. The molecule has 4 amide bonds. The molecule has 0 spiro atoms. The van der Waals surface area contributed by atoms with Gasteiger partial charge in [0.15, 0.2) is 0 Å². The molecule has 34 heavy (non-hydrogen) atoms. The number of rotatable bonds is 17. The van der Waals surface area contributed by atoms with Crippen molar-refractivity contribution < 1.29 is 39.0 Å². The summed E-state index contributed by atoms with van der Waals surface area (Å²) in [6, 6.07) is -5.41. The number of carbonyl (C=O) groups is 6. The number of primary amides is 1. The molecule has 0 saturated carbocycles. The number of aliphatic carboxylic acids is 2. The van der Waals surface area contributed by atoms with Crippen molar-refractivity contribution in [3.05, 3.63) is 0 Å². The van der Waals surface area contributed by atoms with Crippen LogP contribution in [0.25, 0.3) is 0 Å². The van der Waals surface area contributed by atoms with Gasteiger partial charge in [-0.15, -0.1) is 0 Å². The molecule has 14 heteroatoms. The van der Waals surface area contributed by atoms with Crippen molar-refractivity contribution in [2.24, 2.45) is 23.1 Å². The van der Waals surface area contributed by atoms with Crippen LogP contribution in [0.5, 0.6) is 0 Å². The van der Waals surface area contributed by atoms with Gasteiger partial charge in [0, 0.05) is 0 Å². The molecule has 14 nitrogen and oxygen atoms in total. The van der Waals surface area contributed by atoms with Gasteiger partial charge in [0.05, 0.1) is 18.9 Å². The second-order valence-electron chi connectivity index (χ2n) is 8.31. The quantitative estimate of drug-likeness (QED) is 0.0988. The first kappa shape index (κ1) is 30.7. The lowest BCUT2D eigenvalue weighted by Gasteiger charge is -2.25. The summed E-state index contributed by atoms with van der Waals surface area (Å²) in [5, 5.41) is 25.4. The summed E-state index contributed by atoms with van der Waals surface area (Å²) < 4.78 is 0. The van der Waals surface area contributed by atoms with E-state index in [1.54, 1.807) is 13.8 Å². The van der Waals surface area contributed by atoms with Crippen LogP contribution in [0.3, 0.4) is 0 Å². The first-order chi connectivity index (χ1) is 15.8. The van der Waals surface area contributed by atoms with Crippen molar-refractivity contribution in [2.45, 2.75) is 76.5 Å². The lowest BCUT2D eigenvalue weighted by molar-refractivity contribution is -0.143. The highest BCUT2D eigenvalue weighted by atomic mass is 16.4. The summed E-state index contributed by atoms with van der Waals surface area (Å²) in [6.45, 7) is 3.90. The molecule has 4 unspecified atom stereocenters. The van der Waals surface area contributed by atoms with Crippen LogP contribution in [0.4, 0.5) is 0 Å². The molecule has 0 aliphatic carbocycles. The Labute approximate surface area is 197 Å². The van der Waals surface area contributed by atoms with Crippen LogP contribution >= 0.6 is 0 Å². The number of carbonyl (C=O) groups excluding carboxylic acids is 4. The molecule has 194 valence electrons. The first-order valence-electron chi connectivity index (χ1n) is 10.9. The monoisotopic (exact) mass is 488 g/mol. The van der Waals surface area contributed by atoms with Gasteiger partial charge in [-0.3, -0.25) is 24.0 Å². The summed E-state index contributed by atoms with van der Waals surface area (Å²) in [5.41, 5.74) is 15.9. The Morgan fingerprint density at radius 2 is 1.32 bits per heavy atom. The third-order valence-electron chi connectivity index (χ3n) is 4.67. The molecule has 0 aliphatic rings. The molecule has 4 atom stereocenters. The van der Waals surface area contributed by atoms with Crippen LogP contribution in [-0.4, -0.2) is 76.5 Å². The molecule has 11 N–H and O–H groups in total. The van der Waals surface area contributed by atoms with Gasteiger partial charge >= 0.3 is 11.9 Å². The zero-order valence-corrected chi connectivity index (χ0v) is 19.4. The fourth-order valence-corrected chi connectivity index (χ4v) is 2.97. The highest BCUT2D eigenvalue weighted by molar-refractivity contribution is 5.96. The van der Waals surface area contributed by atoms with E-state index in [1.165, 1.54) is 0 Å². The lowest BCUT2D eigenvalue weighted by atomic mass is 10.0. The normalized spacial score (nSPS) is 14.4. The molecular weight excluding hydrogens is 452 g/mol. The number of amides is 4. The largest absolute Gasteiger partial charge is 0.481 e. The minimum atomic E-state index is -1.61. The molecular formula is C20H36N6O8. The van der Waals surface area contributed by atoms with E-state index >= 15 is 0 Å². The van der Waals surface area contributed by atoms with E-state index < -0.39 is 72.6 Å². The van der Waals surface area contributed by atoms with Crippen molar-refractivity contribution in [2.75, 3.05) is 6.54 Å². The molecule has 0 rings (SSSR count). The van der Waals surface area contributed by atoms with Crippen LogP contribution in [0, 0.1) is 5.92 Å². The molecule has 0 heterocycles. The van der Waals surface area contributed by atoms with Crippen molar-refractivity contribution >= 4 is 35.6 Å². The Morgan fingerprint density at radius 3 is 1.79 bits per heavy atom. The average molecular weight is 489 g/mol. The maximum Gasteiger partial charge on any atom is 0.326 e. The fraction of sp³-hybridized carbons (Fsp3) is 0.700. The van der Waals surface area contributed by atoms with E-state index in [4.69, 9.17) is 22.3 Å². The number of nitrogens with one attached hydrogen (secondary N) is 3. The number of hydrogen-bond donors (Lipinski definition) is 8. The molecule has 0 fully saturated rings. The Kier molecular flexibility index (Phi) is 14.1. The summed E-state index contributed by atoms with van der Waals surface area (Å²) >= 11 is 0. The topological polar surface area (TPSA) is 257 Å². The molecule has 0 bridgehead atoms. The number of carboxylic acids is 2. The lowest BCUT2D eigenvalue weighted by Crippen LogP contribution is -2.57. The van der Waals surface area contributed by atoms with Crippen molar-refractivity contribution in [3.8, 4) is 0 Å². The van der Waals surface area contributed by atoms with Crippen LogP contribution in [0.2, 0.25) is 0 Å². The standard InChI is InChI=1S/C20H36N6O8/c1-10(2)7-13(18(31)24-12(20(33)34)5-3-4-6-21)26-19(32)14(9-16(28)29)25-17(30)11(22)8-15(23)27/h10-14H,3-9,21-22H2,1-2H3,(H2,23,27)(H,24,31)(H,25,30)(H,26,32)(H,28,29)(H,33,34). The molecule has 0 saturated heterocycles. The van der Waals surface area contributed by atoms with E-state index in [0.717, 1.165) is 0 Å². The summed E-state index contributed by atoms with van der Waals surface area (Å²) in [7, 11) is 0. The highest BCUT2D eigenvalue weighted by Crippen LogP contribution is 2.08. The van der Waals surface area contributed by atoms with Gasteiger partial charge in [0.2, 0.25) is 23.6 Å². The predicted octanol–water partition coefficient (Wildman–Crippen LogP) is -2.62. The van der Waals surface area contributed by atoms with Crippen LogP contribution in [-0.2, 0) is 28.8 Å². The van der Waals surface area contributed by atoms with Gasteiger partial charge in [-0.1, -0.05) is 13.8 Å². The molecule has 0 aromatic rings. The minimum Gasteiger partial charge on any atom is -0.481 e. The van der Waals surface area contributed by atoms with Gasteiger partial charge in [-0.25, -0.2) is 4.79 Å². The number of nitrogens with two attached hydrogens (primary N) is 3. The molecule has 0 aliphatic heterocycles. The second kappa shape index (κ2) is 15.6. The third-order valence-corrected chi connectivity index (χ3v) is 4.67. The van der Waals surface area contributed by atoms with Gasteiger partial charge in [-0.05, 0) is 38.1 Å². The second-order valence-corrected chi connectivity index (χ2v) is 8.31. The van der Waals surface area contributed by atoms with Crippen LogP contribution in [0.1, 0.15) is 52.4 Å².